The first kappa shape index (κ1) is 16.8. The van der Waals surface area contributed by atoms with Crippen molar-refractivity contribution in [2.24, 2.45) is 0 Å². The van der Waals surface area contributed by atoms with E-state index in [1.165, 1.54) is 11.8 Å². The molecule has 1 saturated heterocycles. The fraction of sp³-hybridized carbons (Fsp3) is 0.750. The summed E-state index contributed by atoms with van der Waals surface area (Å²) in [7, 11) is 0. The van der Waals surface area contributed by atoms with Crippen molar-refractivity contribution in [3.8, 4) is 0 Å². The fourth-order valence-electron chi connectivity index (χ4n) is 1.94. The van der Waals surface area contributed by atoms with E-state index in [-0.39, 0.29) is 18.5 Å². The number of carboxylic acids is 1. The number of carbonyl (C=O) groups excluding carboxylic acids is 2. The molecule has 0 aromatic carbocycles. The Morgan fingerprint density at radius 2 is 2.20 bits per heavy atom. The summed E-state index contributed by atoms with van der Waals surface area (Å²) in [4.78, 5) is 34.3. The van der Waals surface area contributed by atoms with Crippen LogP contribution in [0.15, 0.2) is 0 Å². The van der Waals surface area contributed by atoms with Gasteiger partial charge >= 0.3 is 5.97 Å². The first-order valence-electron chi connectivity index (χ1n) is 6.56. The van der Waals surface area contributed by atoms with Crippen LogP contribution in [-0.4, -0.2) is 60.1 Å². The zero-order valence-corrected chi connectivity index (χ0v) is 12.3. The summed E-state index contributed by atoms with van der Waals surface area (Å²) in [6.45, 7) is 0.611. The van der Waals surface area contributed by atoms with Crippen molar-refractivity contribution in [2.45, 2.75) is 31.3 Å². The van der Waals surface area contributed by atoms with Gasteiger partial charge in [-0.05, 0) is 37.8 Å². The molecule has 1 aliphatic heterocycles. The van der Waals surface area contributed by atoms with Crippen LogP contribution in [-0.2, 0) is 14.4 Å². The largest absolute Gasteiger partial charge is 0.480 e. The average molecular weight is 303 g/mol. The third kappa shape index (κ3) is 5.79. The third-order valence-electron chi connectivity index (χ3n) is 3.04. The van der Waals surface area contributed by atoms with Crippen molar-refractivity contribution < 1.29 is 19.5 Å². The number of rotatable bonds is 8. The van der Waals surface area contributed by atoms with Crippen molar-refractivity contribution in [2.75, 3.05) is 25.1 Å². The van der Waals surface area contributed by atoms with E-state index >= 15 is 0 Å². The second kappa shape index (κ2) is 8.80. The highest BCUT2D eigenvalue weighted by Crippen LogP contribution is 2.04. The summed E-state index contributed by atoms with van der Waals surface area (Å²) >= 11 is 1.52. The highest BCUT2D eigenvalue weighted by molar-refractivity contribution is 7.98. The van der Waals surface area contributed by atoms with Gasteiger partial charge in [-0.25, -0.2) is 4.79 Å². The summed E-state index contributed by atoms with van der Waals surface area (Å²) < 4.78 is 0. The number of carboxylic acid groups (broad SMARTS) is 1. The van der Waals surface area contributed by atoms with Crippen LogP contribution in [0.2, 0.25) is 0 Å². The Morgan fingerprint density at radius 3 is 2.75 bits per heavy atom. The van der Waals surface area contributed by atoms with Gasteiger partial charge in [0, 0.05) is 0 Å². The van der Waals surface area contributed by atoms with E-state index in [2.05, 4.69) is 16.0 Å². The summed E-state index contributed by atoms with van der Waals surface area (Å²) in [5.41, 5.74) is 0. The highest BCUT2D eigenvalue weighted by Gasteiger charge is 2.23. The van der Waals surface area contributed by atoms with Gasteiger partial charge in [-0.3, -0.25) is 9.59 Å². The van der Waals surface area contributed by atoms with E-state index in [0.717, 1.165) is 19.4 Å². The lowest BCUT2D eigenvalue weighted by molar-refractivity contribution is -0.141. The van der Waals surface area contributed by atoms with Crippen LogP contribution in [0.3, 0.4) is 0 Å². The molecule has 0 bridgehead atoms. The topological polar surface area (TPSA) is 108 Å². The molecule has 0 aliphatic carbocycles. The molecule has 2 unspecified atom stereocenters. The quantitative estimate of drug-likeness (QED) is 0.466. The van der Waals surface area contributed by atoms with Crippen LogP contribution < -0.4 is 16.0 Å². The number of thioether (sulfide) groups is 1. The summed E-state index contributed by atoms with van der Waals surface area (Å²) in [5, 5.41) is 16.9. The van der Waals surface area contributed by atoms with Crippen LogP contribution in [0.5, 0.6) is 0 Å². The van der Waals surface area contributed by atoms with E-state index in [1.807, 2.05) is 6.26 Å². The molecule has 114 valence electrons. The van der Waals surface area contributed by atoms with Gasteiger partial charge in [0.1, 0.15) is 6.04 Å². The molecule has 0 aromatic rings. The second-order valence-electron chi connectivity index (χ2n) is 4.61. The normalized spacial score (nSPS) is 19.4. The Bertz CT molecular complexity index is 359. The molecule has 1 aliphatic rings. The van der Waals surface area contributed by atoms with E-state index in [0.29, 0.717) is 12.2 Å². The molecular weight excluding hydrogens is 282 g/mol. The first-order valence-corrected chi connectivity index (χ1v) is 7.96. The molecular formula is C12H21N3O4S. The van der Waals surface area contributed by atoms with Crippen LogP contribution in [0.1, 0.15) is 19.3 Å². The Morgan fingerprint density at radius 1 is 1.45 bits per heavy atom. The van der Waals surface area contributed by atoms with Crippen molar-refractivity contribution in [1.29, 1.82) is 0 Å². The molecule has 2 atom stereocenters. The smallest absolute Gasteiger partial charge is 0.326 e. The van der Waals surface area contributed by atoms with Gasteiger partial charge in [-0.2, -0.15) is 11.8 Å². The molecule has 0 saturated carbocycles. The number of nitrogens with one attached hydrogen (secondary N) is 3. The molecule has 1 heterocycles. The monoisotopic (exact) mass is 303 g/mol. The standard InChI is InChI=1S/C12H21N3O4S/c1-20-6-4-9(12(18)19)15-10(16)7-14-11(17)8-3-2-5-13-8/h8-9,13H,2-7H2,1H3,(H,14,17)(H,15,16)(H,18,19). The highest BCUT2D eigenvalue weighted by atomic mass is 32.2. The summed E-state index contributed by atoms with van der Waals surface area (Å²) in [5.74, 6) is -1.11. The van der Waals surface area contributed by atoms with Crippen LogP contribution >= 0.6 is 11.8 Å². The summed E-state index contributed by atoms with van der Waals surface area (Å²) in [6, 6.07) is -1.15. The third-order valence-corrected chi connectivity index (χ3v) is 3.69. The maximum atomic E-state index is 11.7. The predicted molar refractivity (Wildman–Crippen MR) is 76.6 cm³/mol. The van der Waals surface area contributed by atoms with Gasteiger partial charge < -0.3 is 21.1 Å². The van der Waals surface area contributed by atoms with Crippen LogP contribution in [0.4, 0.5) is 0 Å². The number of amides is 2. The molecule has 7 nitrogen and oxygen atoms in total. The van der Waals surface area contributed by atoms with Gasteiger partial charge in [0.05, 0.1) is 12.6 Å². The van der Waals surface area contributed by atoms with Gasteiger partial charge in [-0.15, -0.1) is 0 Å². The number of hydrogen-bond donors (Lipinski definition) is 4. The lowest BCUT2D eigenvalue weighted by atomic mass is 10.2. The zero-order valence-electron chi connectivity index (χ0n) is 11.5. The van der Waals surface area contributed by atoms with Gasteiger partial charge in [-0.1, -0.05) is 0 Å². The van der Waals surface area contributed by atoms with E-state index in [1.54, 1.807) is 0 Å². The van der Waals surface area contributed by atoms with Crippen LogP contribution in [0.25, 0.3) is 0 Å². The van der Waals surface area contributed by atoms with E-state index < -0.39 is 17.9 Å². The number of aliphatic carboxylic acids is 1. The van der Waals surface area contributed by atoms with Crippen LogP contribution in [0, 0.1) is 0 Å². The lowest BCUT2D eigenvalue weighted by Crippen LogP contribution is -2.48. The molecule has 1 fully saturated rings. The lowest BCUT2D eigenvalue weighted by Gasteiger charge is -2.15. The minimum atomic E-state index is -1.06. The molecule has 0 aromatic heterocycles. The van der Waals surface area contributed by atoms with Gasteiger partial charge in [0.15, 0.2) is 0 Å². The Balaban J connectivity index is 2.30. The Labute approximate surface area is 122 Å². The molecule has 1 rings (SSSR count). The fourth-order valence-corrected chi connectivity index (χ4v) is 2.41. The van der Waals surface area contributed by atoms with Crippen molar-refractivity contribution >= 4 is 29.5 Å². The van der Waals surface area contributed by atoms with Gasteiger partial charge in [0.2, 0.25) is 11.8 Å². The van der Waals surface area contributed by atoms with Crippen molar-refractivity contribution in [3.05, 3.63) is 0 Å². The molecule has 20 heavy (non-hydrogen) atoms. The second-order valence-corrected chi connectivity index (χ2v) is 5.59. The number of hydrogen-bond acceptors (Lipinski definition) is 5. The maximum Gasteiger partial charge on any atom is 0.326 e. The van der Waals surface area contributed by atoms with Gasteiger partial charge in [0.25, 0.3) is 0 Å². The average Bonchev–Trinajstić information content (AvgIpc) is 2.94. The molecule has 8 heteroatoms. The first-order chi connectivity index (χ1) is 9.54. The minimum absolute atomic E-state index is 0.194. The molecule has 0 radical (unpaired) electrons. The predicted octanol–water partition coefficient (Wildman–Crippen LogP) is -0.823. The number of carbonyl (C=O) groups is 3. The SMILES string of the molecule is CSCCC(NC(=O)CNC(=O)C1CCCN1)C(=O)O. The zero-order chi connectivity index (χ0) is 15.0. The maximum absolute atomic E-state index is 11.7. The van der Waals surface area contributed by atoms with Crippen molar-refractivity contribution in [1.82, 2.24) is 16.0 Å². The molecule has 2 amide bonds. The molecule has 0 spiro atoms. The Hall–Kier alpha value is -1.28. The minimum Gasteiger partial charge on any atom is -0.480 e. The van der Waals surface area contributed by atoms with E-state index in [4.69, 9.17) is 5.11 Å². The van der Waals surface area contributed by atoms with Crippen molar-refractivity contribution in [3.63, 3.8) is 0 Å². The Kier molecular flexibility index (Phi) is 7.38. The summed E-state index contributed by atoms with van der Waals surface area (Å²) in [6.07, 6.45) is 3.94. The van der Waals surface area contributed by atoms with E-state index in [9.17, 15) is 14.4 Å². The molecule has 4 N–H and O–H groups in total.